The zero-order chi connectivity index (χ0) is 10.5. The predicted octanol–water partition coefficient (Wildman–Crippen LogP) is 0.501. The lowest BCUT2D eigenvalue weighted by molar-refractivity contribution is 0.462. The molecule has 0 saturated heterocycles. The molecule has 0 radical (unpaired) electrons. The molecule has 4 nitrogen and oxygen atoms in total. The average molecular weight is 242 g/mol. The molecular formula is C6H12NO3S3-. The third kappa shape index (κ3) is 8.48. The molecule has 0 spiro atoms. The maximum Gasteiger partial charge on any atom is 0.135 e. The van der Waals surface area contributed by atoms with E-state index < -0.39 is 10.1 Å². The van der Waals surface area contributed by atoms with Crippen LogP contribution in [0.1, 0.15) is 6.42 Å². The molecule has 0 unspecified atom stereocenters. The van der Waals surface area contributed by atoms with Gasteiger partial charge in [-0.1, -0.05) is 24.0 Å². The van der Waals surface area contributed by atoms with Gasteiger partial charge in [-0.25, -0.2) is 8.42 Å². The molecule has 0 aliphatic carbocycles. The van der Waals surface area contributed by atoms with E-state index >= 15 is 0 Å². The Labute approximate surface area is 88.4 Å². The smallest absolute Gasteiger partial charge is 0.135 e. The monoisotopic (exact) mass is 242 g/mol. The van der Waals surface area contributed by atoms with Crippen molar-refractivity contribution >= 4 is 38.4 Å². The molecule has 0 aliphatic rings. The minimum Gasteiger partial charge on any atom is -0.748 e. The van der Waals surface area contributed by atoms with Gasteiger partial charge >= 0.3 is 0 Å². The summed E-state index contributed by atoms with van der Waals surface area (Å²) in [5.74, 6) is 0.258. The van der Waals surface area contributed by atoms with Gasteiger partial charge in [0.1, 0.15) is 4.32 Å². The van der Waals surface area contributed by atoms with Crippen molar-refractivity contribution in [2.75, 3.05) is 25.6 Å². The van der Waals surface area contributed by atoms with Crippen LogP contribution in [0.3, 0.4) is 0 Å². The molecular weight excluding hydrogens is 230 g/mol. The molecule has 0 aromatic heterocycles. The standard InChI is InChI=1S/C6H13NO3S3/c1-7(2)6(11)12-4-3-5-13(8,9)10/h3-5H2,1-2H3,(H,8,9,10)/p-1. The third-order valence-corrected chi connectivity index (χ3v) is 3.74. The number of hydrogen-bond donors (Lipinski definition) is 0. The second-order valence-corrected chi connectivity index (χ2v) is 5.88. The summed E-state index contributed by atoms with van der Waals surface area (Å²) >= 11 is 6.33. The molecule has 0 atom stereocenters. The Hall–Kier alpha value is 0.150. The van der Waals surface area contributed by atoms with Crippen LogP contribution in [0.5, 0.6) is 0 Å². The summed E-state index contributed by atoms with van der Waals surface area (Å²) in [5.41, 5.74) is 0. The van der Waals surface area contributed by atoms with Crippen LogP contribution in [0.15, 0.2) is 0 Å². The van der Waals surface area contributed by atoms with Crippen LogP contribution in [-0.2, 0) is 10.1 Å². The SMILES string of the molecule is CN(C)C(=S)SCCCS(=O)(=O)[O-]. The molecule has 0 aromatic carbocycles. The van der Waals surface area contributed by atoms with Crippen molar-refractivity contribution in [3.8, 4) is 0 Å². The first-order valence-electron chi connectivity index (χ1n) is 3.60. The van der Waals surface area contributed by atoms with E-state index in [0.717, 1.165) is 0 Å². The highest BCUT2D eigenvalue weighted by Crippen LogP contribution is 2.08. The minimum atomic E-state index is -4.06. The number of thioether (sulfide) groups is 1. The highest BCUT2D eigenvalue weighted by molar-refractivity contribution is 8.22. The van der Waals surface area contributed by atoms with Crippen molar-refractivity contribution in [1.82, 2.24) is 4.90 Å². The summed E-state index contributed by atoms with van der Waals surface area (Å²) in [5, 5.41) is 0. The predicted molar refractivity (Wildman–Crippen MR) is 57.9 cm³/mol. The molecule has 0 aromatic rings. The van der Waals surface area contributed by atoms with Gasteiger partial charge in [0.2, 0.25) is 0 Å². The Morgan fingerprint density at radius 2 is 2.08 bits per heavy atom. The molecule has 0 bridgehead atoms. The van der Waals surface area contributed by atoms with E-state index in [-0.39, 0.29) is 5.75 Å². The van der Waals surface area contributed by atoms with Crippen LogP contribution < -0.4 is 0 Å². The van der Waals surface area contributed by atoms with Crippen LogP contribution >= 0.6 is 24.0 Å². The quantitative estimate of drug-likeness (QED) is 0.406. The molecule has 0 N–H and O–H groups in total. The summed E-state index contributed by atoms with van der Waals surface area (Å²) in [6.45, 7) is 0. The van der Waals surface area contributed by atoms with Crippen LogP contribution in [0.25, 0.3) is 0 Å². The van der Waals surface area contributed by atoms with E-state index in [1.807, 2.05) is 14.1 Å². The maximum absolute atomic E-state index is 10.2. The molecule has 0 amide bonds. The van der Waals surface area contributed by atoms with Gasteiger partial charge in [-0.15, -0.1) is 0 Å². The first-order valence-corrected chi connectivity index (χ1v) is 6.57. The zero-order valence-corrected chi connectivity index (χ0v) is 9.97. The van der Waals surface area contributed by atoms with Crippen LogP contribution in [0, 0.1) is 0 Å². The Balaban J connectivity index is 3.53. The Morgan fingerprint density at radius 1 is 1.54 bits per heavy atom. The molecule has 0 aliphatic heterocycles. The summed E-state index contributed by atoms with van der Waals surface area (Å²) in [6, 6.07) is 0. The lowest BCUT2D eigenvalue weighted by atomic mass is 10.6. The summed E-state index contributed by atoms with van der Waals surface area (Å²) in [7, 11) is -0.424. The van der Waals surface area contributed by atoms with E-state index in [2.05, 4.69) is 0 Å². The first-order chi connectivity index (χ1) is 5.83. The van der Waals surface area contributed by atoms with E-state index in [4.69, 9.17) is 12.2 Å². The van der Waals surface area contributed by atoms with E-state index in [9.17, 15) is 13.0 Å². The van der Waals surface area contributed by atoms with Crippen molar-refractivity contribution in [3.05, 3.63) is 0 Å². The lowest BCUT2D eigenvalue weighted by Gasteiger charge is -2.12. The molecule has 0 heterocycles. The molecule has 7 heteroatoms. The van der Waals surface area contributed by atoms with Crippen LogP contribution in [-0.4, -0.2) is 47.8 Å². The van der Waals surface area contributed by atoms with Gasteiger partial charge in [0, 0.05) is 25.6 Å². The summed E-state index contributed by atoms with van der Waals surface area (Å²) in [4.78, 5) is 1.77. The highest BCUT2D eigenvalue weighted by Gasteiger charge is 2.00. The van der Waals surface area contributed by atoms with Crippen molar-refractivity contribution < 1.29 is 13.0 Å². The number of rotatable bonds is 4. The van der Waals surface area contributed by atoms with Crippen LogP contribution in [0.4, 0.5) is 0 Å². The van der Waals surface area contributed by atoms with Gasteiger partial charge in [-0.05, 0) is 6.42 Å². The fourth-order valence-electron chi connectivity index (χ4n) is 0.524. The number of thiocarbonyl (C=S) groups is 1. The van der Waals surface area contributed by atoms with Gasteiger partial charge in [-0.2, -0.15) is 0 Å². The third-order valence-electron chi connectivity index (χ3n) is 1.13. The normalized spacial score (nSPS) is 11.3. The highest BCUT2D eigenvalue weighted by atomic mass is 32.2. The summed E-state index contributed by atoms with van der Waals surface area (Å²) in [6.07, 6.45) is 0.352. The zero-order valence-electron chi connectivity index (χ0n) is 7.52. The van der Waals surface area contributed by atoms with Gasteiger partial charge in [-0.3, -0.25) is 0 Å². The van der Waals surface area contributed by atoms with Crippen molar-refractivity contribution in [3.63, 3.8) is 0 Å². The molecule has 13 heavy (non-hydrogen) atoms. The molecule has 78 valence electrons. The number of nitrogens with zero attached hydrogens (tertiary/aromatic N) is 1. The summed E-state index contributed by atoms with van der Waals surface area (Å²) < 4.78 is 31.3. The fraction of sp³-hybridized carbons (Fsp3) is 0.833. The average Bonchev–Trinajstić information content (AvgIpc) is 1.95. The van der Waals surface area contributed by atoms with Crippen LogP contribution in [0.2, 0.25) is 0 Å². The molecule has 0 fully saturated rings. The first kappa shape index (κ1) is 13.2. The van der Waals surface area contributed by atoms with Gasteiger partial charge in [0.25, 0.3) is 0 Å². The van der Waals surface area contributed by atoms with E-state index in [1.165, 1.54) is 11.8 Å². The topological polar surface area (TPSA) is 60.4 Å². The maximum atomic E-state index is 10.2. The molecule has 0 rings (SSSR count). The molecule has 0 saturated carbocycles. The Morgan fingerprint density at radius 3 is 2.46 bits per heavy atom. The van der Waals surface area contributed by atoms with Gasteiger partial charge < -0.3 is 9.45 Å². The Kier molecular flexibility index (Phi) is 5.86. The number of hydrogen-bond acceptors (Lipinski definition) is 5. The van der Waals surface area contributed by atoms with Gasteiger partial charge in [0.05, 0.1) is 10.1 Å². The second-order valence-electron chi connectivity index (χ2n) is 2.62. The van der Waals surface area contributed by atoms with Crippen molar-refractivity contribution in [1.29, 1.82) is 0 Å². The Bertz CT molecular complexity index is 260. The largest absolute Gasteiger partial charge is 0.748 e. The minimum absolute atomic E-state index is 0.309. The second kappa shape index (κ2) is 5.79. The van der Waals surface area contributed by atoms with Crippen molar-refractivity contribution in [2.24, 2.45) is 0 Å². The van der Waals surface area contributed by atoms with E-state index in [0.29, 0.717) is 16.5 Å². The lowest BCUT2D eigenvalue weighted by Crippen LogP contribution is -2.16. The van der Waals surface area contributed by atoms with E-state index in [1.54, 1.807) is 4.90 Å². The van der Waals surface area contributed by atoms with Gasteiger partial charge in [0.15, 0.2) is 0 Å². The fourth-order valence-corrected chi connectivity index (χ4v) is 2.18. The van der Waals surface area contributed by atoms with Crippen molar-refractivity contribution in [2.45, 2.75) is 6.42 Å².